The minimum absolute atomic E-state index is 0.141. The van der Waals surface area contributed by atoms with Gasteiger partial charge in [0.1, 0.15) is 0 Å². The summed E-state index contributed by atoms with van der Waals surface area (Å²) in [5.74, 6) is -1.62. The van der Waals surface area contributed by atoms with Crippen LogP contribution in [0.2, 0.25) is 0 Å². The Morgan fingerprint density at radius 3 is 1.96 bits per heavy atom. The van der Waals surface area contributed by atoms with Gasteiger partial charge in [-0.3, -0.25) is 5.32 Å². The number of aryl methyl sites for hydroxylation is 1. The molecule has 0 aliphatic heterocycles. The van der Waals surface area contributed by atoms with Crippen LogP contribution in [0.25, 0.3) is 0 Å². The molecule has 8 heteroatoms. The van der Waals surface area contributed by atoms with Gasteiger partial charge in [0, 0.05) is 0 Å². The standard InChI is InChI=1S/C16H20F3NO4/c1-4-11-7-9-12(10-8-11)15(16(17,18)19,13(21)23-5-2)20-14(22)24-6-3/h7-10H,4-6H2,1-3H3,(H,20,22)/t15-/m1/s1. The third-order valence-electron chi connectivity index (χ3n) is 3.37. The van der Waals surface area contributed by atoms with E-state index in [1.165, 1.54) is 26.0 Å². The van der Waals surface area contributed by atoms with Crippen LogP contribution in [0.4, 0.5) is 18.0 Å². The normalized spacial score (nSPS) is 13.8. The second-order valence-corrected chi connectivity index (χ2v) is 4.86. The van der Waals surface area contributed by atoms with Crippen LogP contribution in [0, 0.1) is 0 Å². The Labute approximate surface area is 138 Å². The molecular weight excluding hydrogens is 327 g/mol. The summed E-state index contributed by atoms with van der Waals surface area (Å²) < 4.78 is 50.7. The summed E-state index contributed by atoms with van der Waals surface area (Å²) in [5, 5.41) is 1.65. The van der Waals surface area contributed by atoms with E-state index >= 15 is 0 Å². The molecule has 0 fully saturated rings. The van der Waals surface area contributed by atoms with Crippen molar-refractivity contribution in [3.05, 3.63) is 35.4 Å². The third kappa shape index (κ3) is 3.98. The number of alkyl halides is 3. The van der Waals surface area contributed by atoms with Crippen molar-refractivity contribution < 1.29 is 32.2 Å². The van der Waals surface area contributed by atoms with Crippen LogP contribution in [-0.4, -0.2) is 31.5 Å². The summed E-state index contributed by atoms with van der Waals surface area (Å²) in [7, 11) is 0. The SMILES string of the molecule is CCOC(=O)N[C@@](C(=O)OCC)(c1ccc(CC)cc1)C(F)(F)F. The fraction of sp³-hybridized carbons (Fsp3) is 0.500. The zero-order valence-corrected chi connectivity index (χ0v) is 13.7. The second kappa shape index (κ2) is 8.03. The molecule has 0 bridgehead atoms. The van der Waals surface area contributed by atoms with E-state index in [4.69, 9.17) is 0 Å². The fourth-order valence-electron chi connectivity index (χ4n) is 2.14. The van der Waals surface area contributed by atoms with E-state index < -0.39 is 29.3 Å². The highest BCUT2D eigenvalue weighted by Gasteiger charge is 2.64. The van der Waals surface area contributed by atoms with E-state index in [1.807, 2.05) is 6.92 Å². The number of carbonyl (C=O) groups is 2. The molecule has 0 saturated carbocycles. The maximum Gasteiger partial charge on any atom is 0.426 e. The number of ether oxygens (including phenoxy) is 2. The molecule has 0 aliphatic carbocycles. The number of alkyl carbamates (subject to hydrolysis) is 1. The van der Waals surface area contributed by atoms with Gasteiger partial charge in [-0.15, -0.1) is 0 Å². The highest BCUT2D eigenvalue weighted by molar-refractivity contribution is 5.88. The van der Waals surface area contributed by atoms with Crippen molar-refractivity contribution in [1.82, 2.24) is 5.32 Å². The molecule has 5 nitrogen and oxygen atoms in total. The van der Waals surface area contributed by atoms with E-state index in [0.29, 0.717) is 6.42 Å². The summed E-state index contributed by atoms with van der Waals surface area (Å²) in [4.78, 5) is 23.9. The van der Waals surface area contributed by atoms with Crippen LogP contribution in [0.1, 0.15) is 31.9 Å². The van der Waals surface area contributed by atoms with Crippen LogP contribution >= 0.6 is 0 Å². The van der Waals surface area contributed by atoms with Gasteiger partial charge in [0.2, 0.25) is 0 Å². The second-order valence-electron chi connectivity index (χ2n) is 4.86. The Morgan fingerprint density at radius 2 is 1.54 bits per heavy atom. The molecule has 0 aromatic heterocycles. The van der Waals surface area contributed by atoms with E-state index in [1.54, 1.807) is 5.32 Å². The number of esters is 1. The zero-order valence-electron chi connectivity index (χ0n) is 13.7. The molecule has 0 saturated heterocycles. The maximum atomic E-state index is 13.8. The quantitative estimate of drug-likeness (QED) is 0.802. The van der Waals surface area contributed by atoms with Gasteiger partial charge in [0.05, 0.1) is 13.2 Å². The van der Waals surface area contributed by atoms with Gasteiger partial charge in [0.25, 0.3) is 5.54 Å². The van der Waals surface area contributed by atoms with Gasteiger partial charge in [-0.25, -0.2) is 9.59 Å². The Hall–Kier alpha value is -2.25. The minimum atomic E-state index is -5.13. The number of rotatable bonds is 6. The van der Waals surface area contributed by atoms with Crippen LogP contribution < -0.4 is 5.32 Å². The molecular formula is C16H20F3NO4. The molecule has 1 rings (SSSR count). The lowest BCUT2D eigenvalue weighted by Gasteiger charge is -2.34. The van der Waals surface area contributed by atoms with E-state index in [-0.39, 0.29) is 13.2 Å². The first-order chi connectivity index (χ1) is 11.2. The monoisotopic (exact) mass is 347 g/mol. The molecule has 0 spiro atoms. The summed E-state index contributed by atoms with van der Waals surface area (Å²) in [6.45, 7) is 4.25. The van der Waals surface area contributed by atoms with Crippen LogP contribution in [0.3, 0.4) is 0 Å². The molecule has 134 valence electrons. The largest absolute Gasteiger partial charge is 0.464 e. The molecule has 1 N–H and O–H groups in total. The highest BCUT2D eigenvalue weighted by atomic mass is 19.4. The smallest absolute Gasteiger partial charge is 0.426 e. The summed E-state index contributed by atoms with van der Waals surface area (Å²) >= 11 is 0. The average Bonchev–Trinajstić information content (AvgIpc) is 2.52. The van der Waals surface area contributed by atoms with E-state index in [9.17, 15) is 22.8 Å². The lowest BCUT2D eigenvalue weighted by Crippen LogP contribution is -2.62. The third-order valence-corrected chi connectivity index (χ3v) is 3.37. The fourth-order valence-corrected chi connectivity index (χ4v) is 2.14. The summed E-state index contributed by atoms with van der Waals surface area (Å²) in [5.41, 5.74) is -2.99. The predicted octanol–water partition coefficient (Wildman–Crippen LogP) is 3.32. The topological polar surface area (TPSA) is 64.6 Å². The molecule has 0 unspecified atom stereocenters. The number of nitrogens with one attached hydrogen (secondary N) is 1. The number of hydrogen-bond donors (Lipinski definition) is 1. The number of halogens is 3. The molecule has 1 aromatic carbocycles. The summed E-state index contributed by atoms with van der Waals surface area (Å²) in [6.07, 6.45) is -5.87. The Morgan fingerprint density at radius 1 is 1.00 bits per heavy atom. The highest BCUT2D eigenvalue weighted by Crippen LogP contribution is 2.40. The van der Waals surface area contributed by atoms with Crippen molar-refractivity contribution >= 4 is 12.1 Å². The van der Waals surface area contributed by atoms with Crippen molar-refractivity contribution in [3.8, 4) is 0 Å². The number of carbonyl (C=O) groups excluding carboxylic acids is 2. The van der Waals surface area contributed by atoms with E-state index in [0.717, 1.165) is 17.7 Å². The van der Waals surface area contributed by atoms with Gasteiger partial charge in [-0.2, -0.15) is 13.2 Å². The van der Waals surface area contributed by atoms with Crippen molar-refractivity contribution in [3.63, 3.8) is 0 Å². The van der Waals surface area contributed by atoms with Crippen molar-refractivity contribution in [2.24, 2.45) is 0 Å². The first-order valence-electron chi connectivity index (χ1n) is 7.51. The molecule has 1 amide bonds. The number of amides is 1. The maximum absolute atomic E-state index is 13.8. The van der Waals surface area contributed by atoms with Crippen LogP contribution in [0.15, 0.2) is 24.3 Å². The van der Waals surface area contributed by atoms with Gasteiger partial charge >= 0.3 is 18.2 Å². The lowest BCUT2D eigenvalue weighted by molar-refractivity contribution is -0.215. The molecule has 0 heterocycles. The molecule has 24 heavy (non-hydrogen) atoms. The average molecular weight is 347 g/mol. The van der Waals surface area contributed by atoms with Crippen molar-refractivity contribution in [2.75, 3.05) is 13.2 Å². The Balaban J connectivity index is 3.49. The Bertz CT molecular complexity index is 572. The van der Waals surface area contributed by atoms with Gasteiger partial charge < -0.3 is 9.47 Å². The Kier molecular flexibility index (Phi) is 6.62. The van der Waals surface area contributed by atoms with Gasteiger partial charge in [-0.05, 0) is 31.4 Å². The number of hydrogen-bond acceptors (Lipinski definition) is 4. The molecule has 0 aliphatic rings. The van der Waals surface area contributed by atoms with Crippen LogP contribution in [-0.2, 0) is 26.2 Å². The zero-order chi connectivity index (χ0) is 18.4. The van der Waals surface area contributed by atoms with Crippen LogP contribution in [0.5, 0.6) is 0 Å². The molecule has 1 atom stereocenters. The molecule has 0 radical (unpaired) electrons. The predicted molar refractivity (Wildman–Crippen MR) is 80.3 cm³/mol. The lowest BCUT2D eigenvalue weighted by atomic mass is 9.88. The first-order valence-corrected chi connectivity index (χ1v) is 7.51. The molecule has 1 aromatic rings. The number of benzene rings is 1. The minimum Gasteiger partial charge on any atom is -0.464 e. The van der Waals surface area contributed by atoms with E-state index in [2.05, 4.69) is 9.47 Å². The van der Waals surface area contributed by atoms with Gasteiger partial charge in [-0.1, -0.05) is 31.2 Å². The van der Waals surface area contributed by atoms with Gasteiger partial charge in [0.15, 0.2) is 0 Å². The van der Waals surface area contributed by atoms with Crippen molar-refractivity contribution in [1.29, 1.82) is 0 Å². The first kappa shape index (κ1) is 19.8. The summed E-state index contributed by atoms with van der Waals surface area (Å²) in [6, 6.07) is 5.22. The van der Waals surface area contributed by atoms with Crippen molar-refractivity contribution in [2.45, 2.75) is 38.9 Å².